The number of carbonyl (C=O) groups excluding carboxylic acids is 1. The zero-order valence-corrected chi connectivity index (χ0v) is 11.2. The minimum atomic E-state index is -0.0538. The monoisotopic (exact) mass is 234 g/mol. The predicted molar refractivity (Wildman–Crippen MR) is 70.5 cm³/mol. The summed E-state index contributed by atoms with van der Waals surface area (Å²) in [6.45, 7) is 7.91. The fourth-order valence-corrected chi connectivity index (χ4v) is 1.79. The summed E-state index contributed by atoms with van der Waals surface area (Å²) in [6.07, 6.45) is 1.55. The zero-order chi connectivity index (χ0) is 12.8. The van der Waals surface area contributed by atoms with Gasteiger partial charge < -0.3 is 4.74 Å². The van der Waals surface area contributed by atoms with Gasteiger partial charge in [0, 0.05) is 6.42 Å². The molecule has 0 amide bonds. The van der Waals surface area contributed by atoms with Crippen LogP contribution < -0.4 is 4.74 Å². The van der Waals surface area contributed by atoms with Crippen molar-refractivity contribution >= 4 is 5.78 Å². The van der Waals surface area contributed by atoms with Crippen LogP contribution in [0.15, 0.2) is 24.3 Å². The molecule has 1 rings (SSSR count). The molecule has 0 aliphatic heterocycles. The molecule has 0 bridgehead atoms. The third-order valence-corrected chi connectivity index (χ3v) is 2.97. The van der Waals surface area contributed by atoms with Gasteiger partial charge in [0.05, 0.1) is 0 Å². The van der Waals surface area contributed by atoms with Crippen LogP contribution in [-0.2, 0) is 4.79 Å². The molecular weight excluding hydrogens is 212 g/mol. The van der Waals surface area contributed by atoms with Gasteiger partial charge in [-0.05, 0) is 43.9 Å². The lowest BCUT2D eigenvalue weighted by Crippen LogP contribution is -2.15. The lowest BCUT2D eigenvalue weighted by Gasteiger charge is -2.14. The van der Waals surface area contributed by atoms with Crippen LogP contribution in [-0.4, -0.2) is 11.9 Å². The quantitative estimate of drug-likeness (QED) is 0.745. The molecule has 17 heavy (non-hydrogen) atoms. The van der Waals surface area contributed by atoms with Crippen molar-refractivity contribution in [3.63, 3.8) is 0 Å². The van der Waals surface area contributed by atoms with Gasteiger partial charge in [0.2, 0.25) is 0 Å². The van der Waals surface area contributed by atoms with Gasteiger partial charge in [0.15, 0.2) is 0 Å². The van der Waals surface area contributed by atoms with Crippen LogP contribution in [0.4, 0.5) is 0 Å². The van der Waals surface area contributed by atoms with Crippen LogP contribution in [0.25, 0.3) is 0 Å². The van der Waals surface area contributed by atoms with Crippen molar-refractivity contribution in [3.8, 4) is 5.75 Å². The summed E-state index contributed by atoms with van der Waals surface area (Å²) in [6, 6.07) is 8.17. The van der Waals surface area contributed by atoms with Crippen molar-refractivity contribution in [1.29, 1.82) is 0 Å². The van der Waals surface area contributed by atoms with E-state index in [9.17, 15) is 4.79 Å². The van der Waals surface area contributed by atoms with Gasteiger partial charge in [-0.25, -0.2) is 0 Å². The summed E-state index contributed by atoms with van der Waals surface area (Å²) in [5.74, 6) is 1.58. The van der Waals surface area contributed by atoms with E-state index in [0.29, 0.717) is 12.3 Å². The number of hydrogen-bond donors (Lipinski definition) is 0. The Morgan fingerprint density at radius 1 is 1.24 bits per heavy atom. The molecule has 1 aromatic rings. The van der Waals surface area contributed by atoms with Crippen molar-refractivity contribution in [3.05, 3.63) is 29.8 Å². The maximum absolute atomic E-state index is 10.9. The first kappa shape index (κ1) is 13.8. The molecule has 0 heterocycles. The number of carbonyl (C=O) groups is 1. The summed E-state index contributed by atoms with van der Waals surface area (Å²) in [4.78, 5) is 10.9. The highest BCUT2D eigenvalue weighted by Gasteiger charge is 2.08. The molecule has 1 aromatic carbocycles. The molecule has 0 aliphatic rings. The summed E-state index contributed by atoms with van der Waals surface area (Å²) < 4.78 is 5.67. The fourth-order valence-electron chi connectivity index (χ4n) is 1.79. The highest BCUT2D eigenvalue weighted by Crippen LogP contribution is 2.22. The molecular formula is C15H22O2. The van der Waals surface area contributed by atoms with Gasteiger partial charge in [0.25, 0.3) is 0 Å². The zero-order valence-electron chi connectivity index (χ0n) is 11.2. The molecule has 0 aliphatic carbocycles. The smallest absolute Gasteiger partial charge is 0.133 e. The van der Waals surface area contributed by atoms with E-state index >= 15 is 0 Å². The van der Waals surface area contributed by atoms with E-state index < -0.39 is 0 Å². The maximum Gasteiger partial charge on any atom is 0.133 e. The second-order valence-electron chi connectivity index (χ2n) is 4.71. The Morgan fingerprint density at radius 3 is 2.29 bits per heavy atom. The third-order valence-electron chi connectivity index (χ3n) is 2.97. The largest absolute Gasteiger partial charge is 0.490 e. The SMILES string of the molecule is CCC(C)c1ccc(OC(C)CC(C)=O)cc1. The van der Waals surface area contributed by atoms with Gasteiger partial charge in [-0.2, -0.15) is 0 Å². The second-order valence-corrected chi connectivity index (χ2v) is 4.71. The predicted octanol–water partition coefficient (Wildman–Crippen LogP) is 3.95. The van der Waals surface area contributed by atoms with Gasteiger partial charge in [-0.15, -0.1) is 0 Å². The normalized spacial score (nSPS) is 14.1. The Hall–Kier alpha value is -1.31. The Kier molecular flexibility index (Phi) is 5.20. The average molecular weight is 234 g/mol. The van der Waals surface area contributed by atoms with Gasteiger partial charge in [-0.1, -0.05) is 26.0 Å². The van der Waals surface area contributed by atoms with Crippen LogP contribution in [0, 0.1) is 0 Å². The highest BCUT2D eigenvalue weighted by molar-refractivity contribution is 5.75. The molecule has 2 unspecified atom stereocenters. The molecule has 0 radical (unpaired) electrons. The van der Waals surface area contributed by atoms with E-state index in [4.69, 9.17) is 4.74 Å². The molecule has 0 N–H and O–H groups in total. The van der Waals surface area contributed by atoms with Crippen molar-refractivity contribution in [2.24, 2.45) is 0 Å². The minimum Gasteiger partial charge on any atom is -0.490 e. The molecule has 2 heteroatoms. The summed E-state index contributed by atoms with van der Waals surface area (Å²) in [7, 11) is 0. The van der Waals surface area contributed by atoms with Crippen LogP contribution in [0.3, 0.4) is 0 Å². The highest BCUT2D eigenvalue weighted by atomic mass is 16.5. The standard InChI is InChI=1S/C15H22O2/c1-5-11(2)14-6-8-15(9-7-14)17-13(4)10-12(3)16/h6-9,11,13H,5,10H2,1-4H3. The van der Waals surface area contributed by atoms with Crippen molar-refractivity contribution in [1.82, 2.24) is 0 Å². The van der Waals surface area contributed by atoms with E-state index in [1.54, 1.807) is 6.92 Å². The van der Waals surface area contributed by atoms with E-state index in [1.807, 2.05) is 19.1 Å². The Bertz CT molecular complexity index is 354. The summed E-state index contributed by atoms with van der Waals surface area (Å²) in [5, 5.41) is 0. The van der Waals surface area contributed by atoms with E-state index in [2.05, 4.69) is 26.0 Å². The van der Waals surface area contributed by atoms with Crippen LogP contribution in [0.1, 0.15) is 52.0 Å². The van der Waals surface area contributed by atoms with Crippen molar-refractivity contribution in [2.45, 2.75) is 52.6 Å². The van der Waals surface area contributed by atoms with E-state index in [-0.39, 0.29) is 11.9 Å². The number of ether oxygens (including phenoxy) is 1. The topological polar surface area (TPSA) is 26.3 Å². The molecule has 2 nitrogen and oxygen atoms in total. The fraction of sp³-hybridized carbons (Fsp3) is 0.533. The van der Waals surface area contributed by atoms with Crippen LogP contribution in [0.5, 0.6) is 5.75 Å². The number of rotatable bonds is 6. The Labute approximate surface area is 104 Å². The molecule has 0 saturated heterocycles. The average Bonchev–Trinajstić information content (AvgIpc) is 2.28. The molecule has 94 valence electrons. The number of Topliss-reactive ketones (excluding diaryl/α,β-unsaturated/α-hetero) is 1. The van der Waals surface area contributed by atoms with Crippen molar-refractivity contribution < 1.29 is 9.53 Å². The number of benzene rings is 1. The first-order chi connectivity index (χ1) is 8.02. The van der Waals surface area contributed by atoms with Gasteiger partial charge in [-0.3, -0.25) is 4.79 Å². The lowest BCUT2D eigenvalue weighted by molar-refractivity contribution is -0.118. The second kappa shape index (κ2) is 6.43. The molecule has 0 aromatic heterocycles. The van der Waals surface area contributed by atoms with E-state index in [1.165, 1.54) is 5.56 Å². The summed E-state index contributed by atoms with van der Waals surface area (Å²) in [5.41, 5.74) is 1.33. The molecule has 0 saturated carbocycles. The lowest BCUT2D eigenvalue weighted by atomic mass is 9.99. The number of ketones is 1. The Balaban J connectivity index is 2.59. The van der Waals surface area contributed by atoms with E-state index in [0.717, 1.165) is 12.2 Å². The minimum absolute atomic E-state index is 0.0538. The van der Waals surface area contributed by atoms with Gasteiger partial charge >= 0.3 is 0 Å². The third kappa shape index (κ3) is 4.59. The first-order valence-electron chi connectivity index (χ1n) is 6.29. The maximum atomic E-state index is 10.9. The first-order valence-corrected chi connectivity index (χ1v) is 6.29. The molecule has 2 atom stereocenters. The number of hydrogen-bond acceptors (Lipinski definition) is 2. The Morgan fingerprint density at radius 2 is 1.82 bits per heavy atom. The van der Waals surface area contributed by atoms with Crippen LogP contribution in [0.2, 0.25) is 0 Å². The van der Waals surface area contributed by atoms with Crippen molar-refractivity contribution in [2.75, 3.05) is 0 Å². The van der Waals surface area contributed by atoms with Gasteiger partial charge in [0.1, 0.15) is 17.6 Å². The summed E-state index contributed by atoms with van der Waals surface area (Å²) >= 11 is 0. The molecule has 0 fully saturated rings. The molecule has 0 spiro atoms. The van der Waals surface area contributed by atoms with Crippen LogP contribution >= 0.6 is 0 Å².